The van der Waals surface area contributed by atoms with E-state index in [0.29, 0.717) is 12.0 Å². The van der Waals surface area contributed by atoms with Crippen LogP contribution in [0.4, 0.5) is 0 Å². The standard InChI is InChI=1S/C19H44N4/c1-16(2,3)11-14-23(15-12-20)19(9,21)18(7,8)10-13-22-17(4,5)6/h22H,10-15,20-21H2,1-9H3. The molecule has 5 N–H and O–H groups in total. The first-order valence-electron chi connectivity index (χ1n) is 9.11. The van der Waals surface area contributed by atoms with Gasteiger partial charge in [-0.15, -0.1) is 0 Å². The average Bonchev–Trinajstić information content (AvgIpc) is 2.30. The van der Waals surface area contributed by atoms with E-state index >= 15 is 0 Å². The molecule has 0 heterocycles. The summed E-state index contributed by atoms with van der Waals surface area (Å²) in [7, 11) is 0. The quantitative estimate of drug-likeness (QED) is 0.569. The van der Waals surface area contributed by atoms with Gasteiger partial charge in [-0.05, 0) is 57.9 Å². The summed E-state index contributed by atoms with van der Waals surface area (Å²) in [6.07, 6.45) is 2.16. The molecule has 0 fully saturated rings. The third-order valence-corrected chi connectivity index (χ3v) is 4.96. The highest BCUT2D eigenvalue weighted by molar-refractivity contribution is 4.95. The fourth-order valence-corrected chi connectivity index (χ4v) is 2.63. The van der Waals surface area contributed by atoms with Gasteiger partial charge >= 0.3 is 0 Å². The average molecular weight is 329 g/mol. The van der Waals surface area contributed by atoms with Gasteiger partial charge in [0.25, 0.3) is 0 Å². The Hall–Kier alpha value is -0.160. The second kappa shape index (κ2) is 8.28. The van der Waals surface area contributed by atoms with E-state index in [2.05, 4.69) is 72.5 Å². The van der Waals surface area contributed by atoms with Crippen LogP contribution >= 0.6 is 0 Å². The van der Waals surface area contributed by atoms with Gasteiger partial charge in [0.05, 0.1) is 5.66 Å². The molecule has 0 saturated heterocycles. The molecule has 0 radical (unpaired) electrons. The van der Waals surface area contributed by atoms with Crippen molar-refractivity contribution in [3.05, 3.63) is 0 Å². The maximum atomic E-state index is 6.85. The molecular weight excluding hydrogens is 284 g/mol. The Labute approximate surface area is 145 Å². The molecule has 0 aliphatic rings. The molecule has 0 aromatic heterocycles. The Bertz CT molecular complexity index is 334. The van der Waals surface area contributed by atoms with Gasteiger partial charge in [-0.3, -0.25) is 4.90 Å². The zero-order valence-corrected chi connectivity index (χ0v) is 17.3. The van der Waals surface area contributed by atoms with E-state index in [1.807, 2.05) is 0 Å². The van der Waals surface area contributed by atoms with E-state index in [0.717, 1.165) is 32.5 Å². The van der Waals surface area contributed by atoms with Crippen LogP contribution in [0.3, 0.4) is 0 Å². The van der Waals surface area contributed by atoms with Crippen LogP contribution in [0.2, 0.25) is 0 Å². The van der Waals surface area contributed by atoms with Crippen LogP contribution in [-0.4, -0.2) is 42.3 Å². The second-order valence-corrected chi connectivity index (χ2v) is 10.0. The molecule has 0 aromatic carbocycles. The Kier molecular flexibility index (Phi) is 8.23. The first-order chi connectivity index (χ1) is 10.1. The molecule has 4 heteroatoms. The maximum absolute atomic E-state index is 6.85. The fourth-order valence-electron chi connectivity index (χ4n) is 2.63. The lowest BCUT2D eigenvalue weighted by Gasteiger charge is -2.50. The summed E-state index contributed by atoms with van der Waals surface area (Å²) in [6, 6.07) is 0. The van der Waals surface area contributed by atoms with Crippen molar-refractivity contribution < 1.29 is 0 Å². The topological polar surface area (TPSA) is 67.3 Å². The van der Waals surface area contributed by atoms with Crippen LogP contribution in [0, 0.1) is 10.8 Å². The summed E-state index contributed by atoms with van der Waals surface area (Å²) >= 11 is 0. The molecule has 1 unspecified atom stereocenters. The summed E-state index contributed by atoms with van der Waals surface area (Å²) in [4.78, 5) is 2.38. The van der Waals surface area contributed by atoms with Crippen LogP contribution in [0.15, 0.2) is 0 Å². The summed E-state index contributed by atoms with van der Waals surface area (Å²) in [5.41, 5.74) is 12.8. The molecule has 0 spiro atoms. The minimum Gasteiger partial charge on any atom is -0.329 e. The van der Waals surface area contributed by atoms with Crippen molar-refractivity contribution in [2.24, 2.45) is 22.3 Å². The van der Waals surface area contributed by atoms with Crippen molar-refractivity contribution in [1.82, 2.24) is 10.2 Å². The highest BCUT2D eigenvalue weighted by Crippen LogP contribution is 2.35. The number of rotatable bonds is 9. The van der Waals surface area contributed by atoms with Gasteiger partial charge in [-0.2, -0.15) is 0 Å². The first kappa shape index (κ1) is 22.8. The third-order valence-electron chi connectivity index (χ3n) is 4.96. The Morgan fingerprint density at radius 3 is 1.74 bits per heavy atom. The Morgan fingerprint density at radius 2 is 1.35 bits per heavy atom. The van der Waals surface area contributed by atoms with Crippen molar-refractivity contribution in [3.63, 3.8) is 0 Å². The molecule has 0 aliphatic heterocycles. The zero-order valence-electron chi connectivity index (χ0n) is 17.3. The highest BCUT2D eigenvalue weighted by Gasteiger charge is 2.42. The summed E-state index contributed by atoms with van der Waals surface area (Å²) < 4.78 is 0. The highest BCUT2D eigenvalue weighted by atomic mass is 15.3. The molecule has 0 aliphatic carbocycles. The van der Waals surface area contributed by atoms with Crippen LogP contribution in [0.5, 0.6) is 0 Å². The first-order valence-corrected chi connectivity index (χ1v) is 9.11. The molecule has 1 atom stereocenters. The van der Waals surface area contributed by atoms with Crippen LogP contribution in [-0.2, 0) is 0 Å². The van der Waals surface area contributed by atoms with Gasteiger partial charge in [-0.25, -0.2) is 0 Å². The summed E-state index contributed by atoms with van der Waals surface area (Å²) in [6.45, 7) is 23.6. The lowest BCUT2D eigenvalue weighted by molar-refractivity contribution is -0.00898. The number of nitrogens with two attached hydrogens (primary N) is 2. The molecule has 0 bridgehead atoms. The van der Waals surface area contributed by atoms with Crippen molar-refractivity contribution in [1.29, 1.82) is 0 Å². The number of hydrogen-bond donors (Lipinski definition) is 3. The van der Waals surface area contributed by atoms with Crippen molar-refractivity contribution in [3.8, 4) is 0 Å². The van der Waals surface area contributed by atoms with E-state index < -0.39 is 0 Å². The van der Waals surface area contributed by atoms with E-state index in [1.54, 1.807) is 0 Å². The molecular formula is C19H44N4. The van der Waals surface area contributed by atoms with E-state index in [4.69, 9.17) is 11.5 Å². The normalized spacial score (nSPS) is 16.7. The fraction of sp³-hybridized carbons (Fsp3) is 1.00. The second-order valence-electron chi connectivity index (χ2n) is 10.0. The monoisotopic (exact) mass is 328 g/mol. The minimum absolute atomic E-state index is 0.00168. The molecule has 140 valence electrons. The lowest BCUT2D eigenvalue weighted by Crippen LogP contribution is -2.64. The van der Waals surface area contributed by atoms with Gasteiger partial charge in [0, 0.05) is 25.2 Å². The largest absolute Gasteiger partial charge is 0.329 e. The predicted molar refractivity (Wildman–Crippen MR) is 103 cm³/mol. The van der Waals surface area contributed by atoms with Gasteiger partial charge in [0.1, 0.15) is 0 Å². The number of hydrogen-bond acceptors (Lipinski definition) is 4. The van der Waals surface area contributed by atoms with Crippen molar-refractivity contribution in [2.75, 3.05) is 26.2 Å². The summed E-state index contributed by atoms with van der Waals surface area (Å²) in [5.74, 6) is 0. The minimum atomic E-state index is -0.378. The van der Waals surface area contributed by atoms with Gasteiger partial charge in [0.2, 0.25) is 0 Å². The Balaban J connectivity index is 4.94. The third kappa shape index (κ3) is 8.48. The molecule has 0 saturated carbocycles. The molecule has 23 heavy (non-hydrogen) atoms. The SMILES string of the molecule is CC(C)(C)CCN(CCN)C(C)(N)C(C)(C)CCNC(C)(C)C. The lowest BCUT2D eigenvalue weighted by atomic mass is 9.75. The van der Waals surface area contributed by atoms with E-state index in [9.17, 15) is 0 Å². The predicted octanol–water partition coefficient (Wildman–Crippen LogP) is 3.16. The van der Waals surface area contributed by atoms with Crippen molar-refractivity contribution in [2.45, 2.75) is 86.4 Å². The zero-order chi connectivity index (χ0) is 18.5. The summed E-state index contributed by atoms with van der Waals surface area (Å²) in [5, 5.41) is 3.58. The van der Waals surface area contributed by atoms with E-state index in [-0.39, 0.29) is 16.6 Å². The van der Waals surface area contributed by atoms with E-state index in [1.165, 1.54) is 0 Å². The maximum Gasteiger partial charge on any atom is 0.0711 e. The van der Waals surface area contributed by atoms with Gasteiger partial charge in [0.15, 0.2) is 0 Å². The number of nitrogens with zero attached hydrogens (tertiary/aromatic N) is 1. The van der Waals surface area contributed by atoms with Crippen LogP contribution in [0.25, 0.3) is 0 Å². The smallest absolute Gasteiger partial charge is 0.0711 e. The number of nitrogens with one attached hydrogen (secondary N) is 1. The Morgan fingerprint density at radius 1 is 0.826 bits per heavy atom. The van der Waals surface area contributed by atoms with Crippen LogP contribution < -0.4 is 16.8 Å². The van der Waals surface area contributed by atoms with Crippen LogP contribution in [0.1, 0.15) is 75.2 Å². The van der Waals surface area contributed by atoms with Gasteiger partial charge < -0.3 is 16.8 Å². The molecule has 0 rings (SSSR count). The van der Waals surface area contributed by atoms with Crippen molar-refractivity contribution >= 4 is 0 Å². The molecule has 4 nitrogen and oxygen atoms in total. The molecule has 0 amide bonds. The molecule has 0 aromatic rings. The van der Waals surface area contributed by atoms with Gasteiger partial charge in [-0.1, -0.05) is 34.6 Å².